The molecule has 0 bridgehead atoms. The van der Waals surface area contributed by atoms with E-state index in [4.69, 9.17) is 5.73 Å². The van der Waals surface area contributed by atoms with E-state index in [0.29, 0.717) is 0 Å². The van der Waals surface area contributed by atoms with Gasteiger partial charge < -0.3 is 5.73 Å². The zero-order valence-electron chi connectivity index (χ0n) is 8.65. The topological polar surface area (TPSA) is 26.0 Å². The second-order valence-corrected chi connectivity index (χ2v) is 5.32. The Morgan fingerprint density at radius 1 is 1.27 bits per heavy atom. The third-order valence-corrected chi connectivity index (χ3v) is 4.51. The summed E-state index contributed by atoms with van der Waals surface area (Å²) in [6, 6.07) is 8.83. The van der Waals surface area contributed by atoms with Crippen molar-refractivity contribution in [3.63, 3.8) is 0 Å². The van der Waals surface area contributed by atoms with Gasteiger partial charge in [0, 0.05) is 10.7 Å². The molecule has 2 heteroatoms. The SMILES string of the molecule is NC(c1csc2ccccc12)C1CCC1. The highest BCUT2D eigenvalue weighted by Crippen LogP contribution is 2.40. The van der Waals surface area contributed by atoms with Gasteiger partial charge in [0.15, 0.2) is 0 Å². The molecule has 0 saturated heterocycles. The molecular weight excluding hydrogens is 202 g/mol. The number of benzene rings is 1. The van der Waals surface area contributed by atoms with Crippen molar-refractivity contribution in [1.82, 2.24) is 0 Å². The summed E-state index contributed by atoms with van der Waals surface area (Å²) >= 11 is 1.81. The summed E-state index contributed by atoms with van der Waals surface area (Å²) in [5.41, 5.74) is 7.68. The average molecular weight is 217 g/mol. The molecule has 1 aromatic heterocycles. The minimum atomic E-state index is 0.259. The maximum Gasteiger partial charge on any atom is 0.0346 e. The molecule has 0 amide bonds. The monoisotopic (exact) mass is 217 g/mol. The standard InChI is InChI=1S/C13H15NS/c14-13(9-4-3-5-9)11-8-15-12-7-2-1-6-10(11)12/h1-2,6-9,13H,3-5,14H2. The van der Waals surface area contributed by atoms with Crippen LogP contribution >= 0.6 is 11.3 Å². The zero-order chi connectivity index (χ0) is 10.3. The Bertz CT molecular complexity index is 470. The molecule has 1 aromatic carbocycles. The Labute approximate surface area is 93.9 Å². The van der Waals surface area contributed by atoms with Crippen LogP contribution in [0.4, 0.5) is 0 Å². The lowest BCUT2D eigenvalue weighted by atomic mass is 9.77. The Morgan fingerprint density at radius 3 is 2.80 bits per heavy atom. The molecule has 15 heavy (non-hydrogen) atoms. The average Bonchev–Trinajstić information content (AvgIpc) is 2.58. The lowest BCUT2D eigenvalue weighted by molar-refractivity contribution is 0.265. The van der Waals surface area contributed by atoms with Gasteiger partial charge in [0.05, 0.1) is 0 Å². The number of fused-ring (bicyclic) bond motifs is 1. The molecule has 1 atom stereocenters. The van der Waals surface area contributed by atoms with Gasteiger partial charge in [0.2, 0.25) is 0 Å². The highest BCUT2D eigenvalue weighted by molar-refractivity contribution is 7.17. The van der Waals surface area contributed by atoms with Gasteiger partial charge in [-0.05, 0) is 41.2 Å². The van der Waals surface area contributed by atoms with Crippen molar-refractivity contribution in [3.05, 3.63) is 35.2 Å². The predicted octanol–water partition coefficient (Wildman–Crippen LogP) is 3.70. The first-order chi connectivity index (χ1) is 7.36. The maximum atomic E-state index is 6.32. The van der Waals surface area contributed by atoms with Crippen LogP contribution in [0.5, 0.6) is 0 Å². The summed E-state index contributed by atoms with van der Waals surface area (Å²) < 4.78 is 1.36. The lowest BCUT2D eigenvalue weighted by Crippen LogP contribution is -2.26. The van der Waals surface area contributed by atoms with Crippen molar-refractivity contribution in [1.29, 1.82) is 0 Å². The summed E-state index contributed by atoms with van der Waals surface area (Å²) in [6.45, 7) is 0. The molecule has 0 spiro atoms. The third-order valence-electron chi connectivity index (χ3n) is 3.53. The molecule has 2 N–H and O–H groups in total. The van der Waals surface area contributed by atoms with Gasteiger partial charge in [0.25, 0.3) is 0 Å². The van der Waals surface area contributed by atoms with Crippen LogP contribution in [0.1, 0.15) is 30.9 Å². The van der Waals surface area contributed by atoms with Crippen LogP contribution in [0, 0.1) is 5.92 Å². The Hall–Kier alpha value is -0.860. The largest absolute Gasteiger partial charge is 0.324 e. The van der Waals surface area contributed by atoms with Crippen LogP contribution < -0.4 is 5.73 Å². The van der Waals surface area contributed by atoms with Crippen molar-refractivity contribution in [2.45, 2.75) is 25.3 Å². The summed E-state index contributed by atoms with van der Waals surface area (Å²) in [6.07, 6.45) is 3.98. The van der Waals surface area contributed by atoms with Crippen molar-refractivity contribution in [2.75, 3.05) is 0 Å². The van der Waals surface area contributed by atoms with E-state index in [0.717, 1.165) is 5.92 Å². The minimum absolute atomic E-state index is 0.259. The van der Waals surface area contributed by atoms with E-state index in [-0.39, 0.29) is 6.04 Å². The highest BCUT2D eigenvalue weighted by Gasteiger charge is 2.26. The molecular formula is C13H15NS. The molecule has 0 aliphatic heterocycles. The van der Waals surface area contributed by atoms with E-state index >= 15 is 0 Å². The molecule has 1 unspecified atom stereocenters. The van der Waals surface area contributed by atoms with Gasteiger partial charge in [-0.2, -0.15) is 0 Å². The smallest absolute Gasteiger partial charge is 0.0346 e. The predicted molar refractivity (Wildman–Crippen MR) is 66.1 cm³/mol. The number of rotatable bonds is 2. The first-order valence-electron chi connectivity index (χ1n) is 5.58. The van der Waals surface area contributed by atoms with Gasteiger partial charge in [-0.15, -0.1) is 11.3 Å². The van der Waals surface area contributed by atoms with Gasteiger partial charge in [0.1, 0.15) is 0 Å². The van der Waals surface area contributed by atoms with Crippen LogP contribution in [-0.4, -0.2) is 0 Å². The normalized spacial score (nSPS) is 19.0. The van der Waals surface area contributed by atoms with E-state index in [1.807, 2.05) is 11.3 Å². The fourth-order valence-electron chi connectivity index (χ4n) is 2.31. The van der Waals surface area contributed by atoms with Crippen molar-refractivity contribution >= 4 is 21.4 Å². The second kappa shape index (κ2) is 3.62. The number of hydrogen-bond donors (Lipinski definition) is 1. The van der Waals surface area contributed by atoms with Gasteiger partial charge in [-0.3, -0.25) is 0 Å². The van der Waals surface area contributed by atoms with Crippen molar-refractivity contribution < 1.29 is 0 Å². The molecule has 1 aliphatic carbocycles. The molecule has 78 valence electrons. The van der Waals surface area contributed by atoms with Crippen LogP contribution in [0.25, 0.3) is 10.1 Å². The molecule has 1 aliphatic rings. The Morgan fingerprint density at radius 2 is 2.07 bits per heavy atom. The molecule has 2 aromatic rings. The van der Waals surface area contributed by atoms with E-state index < -0.39 is 0 Å². The van der Waals surface area contributed by atoms with Gasteiger partial charge in [-0.25, -0.2) is 0 Å². The first kappa shape index (κ1) is 9.37. The zero-order valence-corrected chi connectivity index (χ0v) is 9.46. The second-order valence-electron chi connectivity index (χ2n) is 4.40. The van der Waals surface area contributed by atoms with E-state index in [1.165, 1.54) is 34.9 Å². The van der Waals surface area contributed by atoms with Crippen LogP contribution in [-0.2, 0) is 0 Å². The molecule has 1 nitrogen and oxygen atoms in total. The number of thiophene rings is 1. The minimum Gasteiger partial charge on any atom is -0.324 e. The van der Waals surface area contributed by atoms with Crippen molar-refractivity contribution in [2.24, 2.45) is 11.7 Å². The van der Waals surface area contributed by atoms with E-state index in [2.05, 4.69) is 29.6 Å². The molecule has 1 heterocycles. The fraction of sp³-hybridized carbons (Fsp3) is 0.385. The summed E-state index contributed by atoms with van der Waals surface area (Å²) in [5.74, 6) is 0.725. The summed E-state index contributed by atoms with van der Waals surface area (Å²) in [7, 11) is 0. The third kappa shape index (κ3) is 1.48. The van der Waals surface area contributed by atoms with Gasteiger partial charge >= 0.3 is 0 Å². The first-order valence-corrected chi connectivity index (χ1v) is 6.46. The summed E-state index contributed by atoms with van der Waals surface area (Å²) in [5, 5.41) is 3.61. The lowest BCUT2D eigenvalue weighted by Gasteiger charge is -2.31. The maximum absolute atomic E-state index is 6.32. The van der Waals surface area contributed by atoms with E-state index in [1.54, 1.807) is 0 Å². The fourth-order valence-corrected chi connectivity index (χ4v) is 3.32. The number of nitrogens with two attached hydrogens (primary N) is 1. The molecule has 0 radical (unpaired) electrons. The highest BCUT2D eigenvalue weighted by atomic mass is 32.1. The molecule has 3 rings (SSSR count). The Balaban J connectivity index is 2.02. The Kier molecular flexibility index (Phi) is 2.26. The van der Waals surface area contributed by atoms with Crippen LogP contribution in [0.2, 0.25) is 0 Å². The summed E-state index contributed by atoms with van der Waals surface area (Å²) in [4.78, 5) is 0. The van der Waals surface area contributed by atoms with E-state index in [9.17, 15) is 0 Å². The molecule has 1 fully saturated rings. The van der Waals surface area contributed by atoms with Gasteiger partial charge in [-0.1, -0.05) is 24.6 Å². The van der Waals surface area contributed by atoms with Crippen LogP contribution in [0.3, 0.4) is 0 Å². The number of hydrogen-bond acceptors (Lipinski definition) is 2. The quantitative estimate of drug-likeness (QED) is 0.815. The van der Waals surface area contributed by atoms with Crippen LogP contribution in [0.15, 0.2) is 29.6 Å². The van der Waals surface area contributed by atoms with Crippen molar-refractivity contribution in [3.8, 4) is 0 Å². The molecule has 1 saturated carbocycles.